The lowest BCUT2D eigenvalue weighted by Crippen LogP contribution is -1.89. The minimum absolute atomic E-state index is 0.266. The van der Waals surface area contributed by atoms with E-state index in [9.17, 15) is 8.78 Å². The first-order chi connectivity index (χ1) is 8.04. The van der Waals surface area contributed by atoms with Gasteiger partial charge in [-0.2, -0.15) is 5.26 Å². The number of hydrogen-bond donors (Lipinski definition) is 1. The van der Waals surface area contributed by atoms with Crippen molar-refractivity contribution < 1.29 is 8.78 Å². The summed E-state index contributed by atoms with van der Waals surface area (Å²) in [5.41, 5.74) is 7.00. The molecule has 0 saturated heterocycles. The Morgan fingerprint density at radius 3 is 2.59 bits per heavy atom. The molecule has 0 fully saturated rings. The molecule has 0 spiro atoms. The van der Waals surface area contributed by atoms with Crippen LogP contribution in [0, 0.1) is 29.9 Å². The molecule has 2 rings (SSSR count). The lowest BCUT2D eigenvalue weighted by atomic mass is 10.1. The normalized spacial score (nSPS) is 10.2. The number of thiophene rings is 1. The summed E-state index contributed by atoms with van der Waals surface area (Å²) in [6.45, 7) is 1.71. The average Bonchev–Trinajstić information content (AvgIpc) is 2.57. The third kappa shape index (κ3) is 1.87. The summed E-state index contributed by atoms with van der Waals surface area (Å²) in [6, 6.07) is 5.30. The second kappa shape index (κ2) is 4.15. The number of nitrogens with zero attached hydrogens (tertiary/aromatic N) is 1. The number of rotatable bonds is 1. The predicted molar refractivity (Wildman–Crippen MR) is 63.5 cm³/mol. The molecule has 2 N–H and O–H groups in total. The van der Waals surface area contributed by atoms with E-state index in [0.29, 0.717) is 21.0 Å². The van der Waals surface area contributed by atoms with Gasteiger partial charge in [0.05, 0.1) is 5.69 Å². The van der Waals surface area contributed by atoms with Crippen LogP contribution in [0.5, 0.6) is 0 Å². The van der Waals surface area contributed by atoms with E-state index in [1.54, 1.807) is 6.92 Å². The molecule has 1 heterocycles. The van der Waals surface area contributed by atoms with Crippen LogP contribution in [0.1, 0.15) is 10.4 Å². The van der Waals surface area contributed by atoms with Gasteiger partial charge in [0.15, 0.2) is 0 Å². The molecule has 1 aromatic heterocycles. The van der Waals surface area contributed by atoms with Crippen LogP contribution in [0.15, 0.2) is 18.2 Å². The predicted octanol–water partition coefficient (Wildman–Crippen LogP) is 3.46. The Morgan fingerprint density at radius 1 is 1.35 bits per heavy atom. The lowest BCUT2D eigenvalue weighted by molar-refractivity contribution is 0.586. The molecule has 0 atom stereocenters. The largest absolute Gasteiger partial charge is 0.397 e. The molecule has 0 radical (unpaired) electrons. The van der Waals surface area contributed by atoms with E-state index in [1.165, 1.54) is 12.1 Å². The van der Waals surface area contributed by atoms with Gasteiger partial charge in [-0.3, -0.25) is 0 Å². The third-order valence-electron chi connectivity index (χ3n) is 2.47. The zero-order valence-electron chi connectivity index (χ0n) is 8.92. The van der Waals surface area contributed by atoms with Gasteiger partial charge in [-0.05, 0) is 24.6 Å². The number of benzene rings is 1. The van der Waals surface area contributed by atoms with E-state index in [-0.39, 0.29) is 5.56 Å². The number of nitrogens with two attached hydrogens (primary N) is 1. The van der Waals surface area contributed by atoms with Crippen molar-refractivity contribution in [3.8, 4) is 16.5 Å². The first-order valence-electron chi connectivity index (χ1n) is 4.79. The van der Waals surface area contributed by atoms with Gasteiger partial charge in [0, 0.05) is 16.5 Å². The molecule has 0 aliphatic carbocycles. The van der Waals surface area contributed by atoms with Gasteiger partial charge in [0.25, 0.3) is 0 Å². The second-order valence-electron chi connectivity index (χ2n) is 3.53. The molecule has 5 heteroatoms. The van der Waals surface area contributed by atoms with E-state index in [1.807, 2.05) is 6.07 Å². The van der Waals surface area contributed by atoms with Gasteiger partial charge in [0.1, 0.15) is 22.6 Å². The molecule has 0 amide bonds. The quantitative estimate of drug-likeness (QED) is 0.842. The van der Waals surface area contributed by atoms with Crippen LogP contribution in [-0.4, -0.2) is 0 Å². The minimum atomic E-state index is -0.654. The lowest BCUT2D eigenvalue weighted by Gasteiger charge is -2.02. The number of nitriles is 1. The summed E-state index contributed by atoms with van der Waals surface area (Å²) in [6.07, 6.45) is 0. The van der Waals surface area contributed by atoms with Gasteiger partial charge in [0.2, 0.25) is 0 Å². The van der Waals surface area contributed by atoms with Gasteiger partial charge >= 0.3 is 0 Å². The fourth-order valence-electron chi connectivity index (χ4n) is 1.54. The topological polar surface area (TPSA) is 49.8 Å². The molecule has 2 aromatic rings. The fourth-order valence-corrected chi connectivity index (χ4v) is 2.59. The van der Waals surface area contributed by atoms with Crippen LogP contribution in [0.4, 0.5) is 14.5 Å². The Kier molecular flexibility index (Phi) is 2.82. The van der Waals surface area contributed by atoms with Crippen molar-refractivity contribution >= 4 is 17.0 Å². The van der Waals surface area contributed by atoms with E-state index in [2.05, 4.69) is 0 Å². The van der Waals surface area contributed by atoms with E-state index >= 15 is 0 Å². The van der Waals surface area contributed by atoms with Crippen molar-refractivity contribution in [1.29, 1.82) is 5.26 Å². The molecule has 2 nitrogen and oxygen atoms in total. The monoisotopic (exact) mass is 250 g/mol. The van der Waals surface area contributed by atoms with E-state index < -0.39 is 11.6 Å². The standard InChI is InChI=1S/C12H8F2N2S/c1-6-11(16)10(5-15)17-12(6)8-3-2-7(13)4-9(8)14/h2-4H,16H2,1H3. The summed E-state index contributed by atoms with van der Waals surface area (Å²) >= 11 is 1.11. The van der Waals surface area contributed by atoms with Crippen molar-refractivity contribution in [1.82, 2.24) is 0 Å². The second-order valence-corrected chi connectivity index (χ2v) is 4.56. The van der Waals surface area contributed by atoms with E-state index in [0.717, 1.165) is 17.4 Å². The van der Waals surface area contributed by atoms with Crippen molar-refractivity contribution in [3.63, 3.8) is 0 Å². The molecular formula is C12H8F2N2S. The Balaban J connectivity index is 2.65. The summed E-state index contributed by atoms with van der Waals surface area (Å²) in [5.74, 6) is -1.28. The van der Waals surface area contributed by atoms with Gasteiger partial charge in [-0.25, -0.2) is 8.78 Å². The van der Waals surface area contributed by atoms with Crippen LogP contribution < -0.4 is 5.73 Å². The van der Waals surface area contributed by atoms with Crippen LogP contribution in [-0.2, 0) is 0 Å². The zero-order valence-corrected chi connectivity index (χ0v) is 9.74. The molecule has 86 valence electrons. The van der Waals surface area contributed by atoms with Crippen molar-refractivity contribution in [2.75, 3.05) is 5.73 Å². The SMILES string of the molecule is Cc1c(-c2ccc(F)cc2F)sc(C#N)c1N. The van der Waals surface area contributed by atoms with Crippen LogP contribution in [0.2, 0.25) is 0 Å². The summed E-state index contributed by atoms with van der Waals surface area (Å²) in [4.78, 5) is 0.915. The summed E-state index contributed by atoms with van der Waals surface area (Å²) in [7, 11) is 0. The van der Waals surface area contributed by atoms with Crippen LogP contribution in [0.25, 0.3) is 10.4 Å². The van der Waals surface area contributed by atoms with Crippen LogP contribution >= 0.6 is 11.3 Å². The Labute approximate surface area is 101 Å². The highest BCUT2D eigenvalue weighted by Gasteiger charge is 2.16. The highest BCUT2D eigenvalue weighted by molar-refractivity contribution is 7.16. The first kappa shape index (κ1) is 11.6. The summed E-state index contributed by atoms with van der Waals surface area (Å²) < 4.78 is 26.4. The Hall–Kier alpha value is -1.93. The molecule has 17 heavy (non-hydrogen) atoms. The summed E-state index contributed by atoms with van der Waals surface area (Å²) in [5, 5.41) is 8.84. The van der Waals surface area contributed by atoms with Crippen molar-refractivity contribution in [3.05, 3.63) is 40.3 Å². The molecular weight excluding hydrogens is 242 g/mol. The molecule has 0 aliphatic rings. The minimum Gasteiger partial charge on any atom is -0.397 e. The van der Waals surface area contributed by atoms with Gasteiger partial charge < -0.3 is 5.73 Å². The molecule has 0 bridgehead atoms. The number of nitrogen functional groups attached to an aromatic ring is 1. The molecule has 0 aliphatic heterocycles. The Morgan fingerprint density at radius 2 is 2.06 bits per heavy atom. The highest BCUT2D eigenvalue weighted by Crippen LogP contribution is 2.38. The Bertz CT molecular complexity index is 626. The molecule has 0 saturated carbocycles. The highest BCUT2D eigenvalue weighted by atomic mass is 32.1. The average molecular weight is 250 g/mol. The molecule has 0 unspecified atom stereocenters. The fraction of sp³-hybridized carbons (Fsp3) is 0.0833. The maximum atomic E-state index is 13.6. The van der Waals surface area contributed by atoms with Gasteiger partial charge in [-0.15, -0.1) is 11.3 Å². The molecule has 1 aromatic carbocycles. The maximum absolute atomic E-state index is 13.6. The first-order valence-corrected chi connectivity index (χ1v) is 5.60. The zero-order chi connectivity index (χ0) is 12.6. The number of hydrogen-bond acceptors (Lipinski definition) is 3. The van der Waals surface area contributed by atoms with E-state index in [4.69, 9.17) is 11.0 Å². The number of halogens is 2. The number of anilines is 1. The van der Waals surface area contributed by atoms with Crippen LogP contribution in [0.3, 0.4) is 0 Å². The van der Waals surface area contributed by atoms with Gasteiger partial charge in [-0.1, -0.05) is 0 Å². The third-order valence-corrected chi connectivity index (χ3v) is 3.72. The maximum Gasteiger partial charge on any atom is 0.134 e. The smallest absolute Gasteiger partial charge is 0.134 e. The van der Waals surface area contributed by atoms with Crippen molar-refractivity contribution in [2.24, 2.45) is 0 Å². The van der Waals surface area contributed by atoms with Crippen molar-refractivity contribution in [2.45, 2.75) is 6.92 Å².